The van der Waals surface area contributed by atoms with Crippen molar-refractivity contribution in [3.63, 3.8) is 0 Å². The number of nitrogens with one attached hydrogen (secondary N) is 1. The molecule has 0 spiro atoms. The minimum Gasteiger partial charge on any atom is -0.325 e. The van der Waals surface area contributed by atoms with Crippen LogP contribution in [0.2, 0.25) is 0 Å². The highest BCUT2D eigenvalue weighted by Crippen LogP contribution is 2.29. The summed E-state index contributed by atoms with van der Waals surface area (Å²) in [6.07, 6.45) is 3.33. The van der Waals surface area contributed by atoms with Gasteiger partial charge in [-0.25, -0.2) is 0 Å². The van der Waals surface area contributed by atoms with Crippen LogP contribution in [0.25, 0.3) is 6.08 Å². The van der Waals surface area contributed by atoms with Crippen LogP contribution in [-0.2, 0) is 9.59 Å². The van der Waals surface area contributed by atoms with Gasteiger partial charge in [0.2, 0.25) is 11.0 Å². The summed E-state index contributed by atoms with van der Waals surface area (Å²) in [5, 5.41) is 2.81. The number of rotatable bonds is 4. The van der Waals surface area contributed by atoms with Gasteiger partial charge in [0.1, 0.15) is 0 Å². The van der Waals surface area contributed by atoms with Gasteiger partial charge in [0, 0.05) is 10.3 Å². The molecule has 0 heterocycles. The van der Waals surface area contributed by atoms with E-state index in [-0.39, 0.29) is 11.0 Å². The predicted octanol–water partition coefficient (Wildman–Crippen LogP) is 5.00. The average molecular weight is 339 g/mol. The molecule has 0 aromatic heterocycles. The van der Waals surface area contributed by atoms with Crippen molar-refractivity contribution in [3.8, 4) is 0 Å². The molecule has 0 atom stereocenters. The number of hydrogen-bond acceptors (Lipinski definition) is 3. The van der Waals surface area contributed by atoms with Gasteiger partial charge in [0.05, 0.1) is 5.69 Å². The van der Waals surface area contributed by atoms with E-state index in [1.54, 1.807) is 18.2 Å². The molecule has 24 heavy (non-hydrogen) atoms. The first-order chi connectivity index (χ1) is 11.4. The van der Waals surface area contributed by atoms with E-state index in [0.29, 0.717) is 5.69 Å². The summed E-state index contributed by atoms with van der Waals surface area (Å²) in [4.78, 5) is 25.1. The summed E-state index contributed by atoms with van der Waals surface area (Å²) in [6.45, 7) is 5.56. The Bertz CT molecular complexity index is 746. The van der Waals surface area contributed by atoms with Crippen LogP contribution in [0.5, 0.6) is 0 Å². The van der Waals surface area contributed by atoms with Gasteiger partial charge in [-0.05, 0) is 35.5 Å². The minimum absolute atomic E-state index is 0.0807. The number of benzene rings is 2. The molecule has 2 aromatic carbocycles. The first-order valence-corrected chi connectivity index (χ1v) is 8.53. The van der Waals surface area contributed by atoms with E-state index in [0.717, 1.165) is 22.2 Å². The first kappa shape index (κ1) is 18.0. The zero-order valence-electron chi connectivity index (χ0n) is 14.1. The molecule has 0 aliphatic rings. The Morgan fingerprint density at radius 2 is 1.58 bits per heavy atom. The molecule has 0 aliphatic heterocycles. The van der Waals surface area contributed by atoms with E-state index < -0.39 is 5.41 Å². The molecule has 2 rings (SSSR count). The number of hydrogen-bond donors (Lipinski definition) is 1. The zero-order chi connectivity index (χ0) is 17.6. The van der Waals surface area contributed by atoms with Gasteiger partial charge in [-0.2, -0.15) is 0 Å². The molecule has 1 N–H and O–H groups in total. The lowest BCUT2D eigenvalue weighted by Crippen LogP contribution is -2.27. The Kier molecular flexibility index (Phi) is 5.99. The van der Waals surface area contributed by atoms with Crippen molar-refractivity contribution < 1.29 is 9.59 Å². The van der Waals surface area contributed by atoms with Crippen molar-refractivity contribution in [2.24, 2.45) is 5.41 Å². The third kappa shape index (κ3) is 5.39. The Hall–Kier alpha value is -2.33. The highest BCUT2D eigenvalue weighted by Gasteiger charge is 2.22. The molecule has 0 radical (unpaired) electrons. The van der Waals surface area contributed by atoms with Crippen LogP contribution in [0.1, 0.15) is 26.3 Å². The summed E-state index contributed by atoms with van der Waals surface area (Å²) in [5.74, 6) is -0.0807. The molecule has 0 unspecified atom stereocenters. The molecular formula is C20H21NO2S. The lowest BCUT2D eigenvalue weighted by Gasteiger charge is -2.18. The van der Waals surface area contributed by atoms with Crippen LogP contribution in [-0.4, -0.2) is 11.0 Å². The van der Waals surface area contributed by atoms with Crippen LogP contribution in [0.15, 0.2) is 65.6 Å². The molecule has 0 bridgehead atoms. The van der Waals surface area contributed by atoms with Gasteiger partial charge in [-0.3, -0.25) is 9.59 Å². The van der Waals surface area contributed by atoms with Gasteiger partial charge >= 0.3 is 0 Å². The average Bonchev–Trinajstić information content (AvgIpc) is 2.55. The van der Waals surface area contributed by atoms with E-state index in [1.165, 1.54) is 0 Å². The standard InChI is InChI=1S/C20H21NO2S/c1-20(2,3)19(23)21-16-11-7-8-12-17(16)24-18(22)14-13-15-9-5-4-6-10-15/h4-14H,1-3H3,(H,21,23)/b14-13+. The molecule has 2 aromatic rings. The van der Waals surface area contributed by atoms with Crippen LogP contribution in [0.3, 0.4) is 0 Å². The minimum atomic E-state index is -0.491. The fourth-order valence-electron chi connectivity index (χ4n) is 1.84. The molecule has 3 nitrogen and oxygen atoms in total. The maximum Gasteiger partial charge on any atom is 0.229 e. The molecular weight excluding hydrogens is 318 g/mol. The molecule has 1 amide bonds. The molecule has 0 saturated heterocycles. The second-order valence-corrected chi connectivity index (χ2v) is 7.41. The van der Waals surface area contributed by atoms with Crippen molar-refractivity contribution >= 4 is 34.5 Å². The van der Waals surface area contributed by atoms with E-state index in [9.17, 15) is 9.59 Å². The lowest BCUT2D eigenvalue weighted by molar-refractivity contribution is -0.123. The second-order valence-electron chi connectivity index (χ2n) is 6.37. The predicted molar refractivity (Wildman–Crippen MR) is 101 cm³/mol. The number of thioether (sulfide) groups is 1. The van der Waals surface area contributed by atoms with Gasteiger partial charge in [0.15, 0.2) is 0 Å². The lowest BCUT2D eigenvalue weighted by atomic mass is 9.95. The van der Waals surface area contributed by atoms with Crippen LogP contribution in [0, 0.1) is 5.41 Å². The van der Waals surface area contributed by atoms with Crippen molar-refractivity contribution in [1.29, 1.82) is 0 Å². The number of carbonyl (C=O) groups excluding carboxylic acids is 2. The van der Waals surface area contributed by atoms with Crippen molar-refractivity contribution in [1.82, 2.24) is 0 Å². The topological polar surface area (TPSA) is 46.2 Å². The quantitative estimate of drug-likeness (QED) is 0.629. The third-order valence-corrected chi connectivity index (χ3v) is 4.15. The van der Waals surface area contributed by atoms with Crippen molar-refractivity contribution in [3.05, 3.63) is 66.2 Å². The summed E-state index contributed by atoms with van der Waals surface area (Å²) in [7, 11) is 0. The monoisotopic (exact) mass is 339 g/mol. The molecule has 124 valence electrons. The highest BCUT2D eigenvalue weighted by atomic mass is 32.2. The van der Waals surface area contributed by atoms with Crippen LogP contribution >= 0.6 is 11.8 Å². The Labute approximate surface area is 147 Å². The third-order valence-electron chi connectivity index (χ3n) is 3.24. The van der Waals surface area contributed by atoms with Crippen LogP contribution < -0.4 is 5.32 Å². The summed E-state index contributed by atoms with van der Waals surface area (Å²) in [5.41, 5.74) is 1.14. The van der Waals surface area contributed by atoms with Gasteiger partial charge in [0.25, 0.3) is 0 Å². The largest absolute Gasteiger partial charge is 0.325 e. The van der Waals surface area contributed by atoms with Crippen LogP contribution in [0.4, 0.5) is 5.69 Å². The molecule has 0 aliphatic carbocycles. The maximum absolute atomic E-state index is 12.2. The Balaban J connectivity index is 2.08. The number of carbonyl (C=O) groups is 2. The first-order valence-electron chi connectivity index (χ1n) is 7.72. The fraction of sp³-hybridized carbons (Fsp3) is 0.200. The van der Waals surface area contributed by atoms with E-state index >= 15 is 0 Å². The number of para-hydroxylation sites is 1. The normalized spacial score (nSPS) is 11.5. The Morgan fingerprint density at radius 3 is 2.25 bits per heavy atom. The fourth-order valence-corrected chi connectivity index (χ4v) is 2.57. The SMILES string of the molecule is CC(C)(C)C(=O)Nc1ccccc1SC(=O)/C=C/c1ccccc1. The van der Waals surface area contributed by atoms with E-state index in [2.05, 4.69) is 5.32 Å². The van der Waals surface area contributed by atoms with Gasteiger partial charge < -0.3 is 5.32 Å². The summed E-state index contributed by atoms with van der Waals surface area (Å²) < 4.78 is 0. The molecule has 4 heteroatoms. The summed E-state index contributed by atoms with van der Waals surface area (Å²) in [6, 6.07) is 17.0. The van der Waals surface area contributed by atoms with Gasteiger partial charge in [-0.1, -0.05) is 69.3 Å². The van der Waals surface area contributed by atoms with Gasteiger partial charge in [-0.15, -0.1) is 0 Å². The maximum atomic E-state index is 12.2. The number of anilines is 1. The van der Waals surface area contributed by atoms with E-state index in [4.69, 9.17) is 0 Å². The summed E-state index contributed by atoms with van der Waals surface area (Å²) >= 11 is 1.10. The molecule has 0 fully saturated rings. The number of amides is 1. The van der Waals surface area contributed by atoms with Crippen molar-refractivity contribution in [2.45, 2.75) is 25.7 Å². The van der Waals surface area contributed by atoms with Crippen molar-refractivity contribution in [2.75, 3.05) is 5.32 Å². The smallest absolute Gasteiger partial charge is 0.229 e. The highest BCUT2D eigenvalue weighted by molar-refractivity contribution is 8.14. The second kappa shape index (κ2) is 7.97. The molecule has 0 saturated carbocycles. The Morgan fingerprint density at radius 1 is 0.958 bits per heavy atom. The van der Waals surface area contributed by atoms with E-state index in [1.807, 2.05) is 69.3 Å². The zero-order valence-corrected chi connectivity index (χ0v) is 14.9.